The predicted molar refractivity (Wildman–Crippen MR) is 75.2 cm³/mol. The fourth-order valence-corrected chi connectivity index (χ4v) is 1.76. The number of ether oxygens (including phenoxy) is 1. The molecule has 1 heterocycles. The number of nitrogens with zero attached hydrogens (tertiary/aromatic N) is 2. The van der Waals surface area contributed by atoms with E-state index in [9.17, 15) is 9.59 Å². The number of aromatic nitrogens is 2. The van der Waals surface area contributed by atoms with E-state index < -0.39 is 12.1 Å². The minimum atomic E-state index is -1.21. The summed E-state index contributed by atoms with van der Waals surface area (Å²) in [6.07, 6.45) is -0.732. The summed E-state index contributed by atoms with van der Waals surface area (Å²) in [5.74, 6) is -0.638. The molecule has 0 aliphatic carbocycles. The van der Waals surface area contributed by atoms with Gasteiger partial charge in [-0.25, -0.2) is 14.6 Å². The highest BCUT2D eigenvalue weighted by Crippen LogP contribution is 2.16. The fourth-order valence-electron chi connectivity index (χ4n) is 1.76. The third kappa shape index (κ3) is 3.38. The molecule has 110 valence electrons. The Kier molecular flexibility index (Phi) is 4.22. The van der Waals surface area contributed by atoms with Gasteiger partial charge in [0, 0.05) is 7.05 Å². The number of hydrogen-bond donors (Lipinski definition) is 2. The van der Waals surface area contributed by atoms with Crippen LogP contribution in [0, 0.1) is 6.92 Å². The molecule has 2 N–H and O–H groups in total. The number of carboxylic acids is 1. The average Bonchev–Trinajstić information content (AvgIpc) is 2.75. The van der Waals surface area contributed by atoms with E-state index >= 15 is 0 Å². The molecule has 0 saturated carbocycles. The zero-order valence-corrected chi connectivity index (χ0v) is 11.7. The zero-order chi connectivity index (χ0) is 15.4. The van der Waals surface area contributed by atoms with Crippen molar-refractivity contribution >= 4 is 17.9 Å². The highest BCUT2D eigenvalue weighted by atomic mass is 16.5. The number of aryl methyl sites for hydroxylation is 1. The molecule has 0 aliphatic rings. The molecular formula is C14H15N3O4. The molecule has 0 radical (unpaired) electrons. The smallest absolute Gasteiger partial charge is 0.413 e. The molecular weight excluding hydrogens is 274 g/mol. The molecule has 0 unspecified atom stereocenters. The van der Waals surface area contributed by atoms with Crippen LogP contribution in [0.25, 0.3) is 0 Å². The molecule has 1 aromatic carbocycles. The number of hydrogen-bond acceptors (Lipinski definition) is 4. The highest BCUT2D eigenvalue weighted by molar-refractivity contribution is 5.96. The lowest BCUT2D eigenvalue weighted by atomic mass is 10.2. The zero-order valence-electron chi connectivity index (χ0n) is 11.7. The average molecular weight is 289 g/mol. The van der Waals surface area contributed by atoms with Crippen LogP contribution in [0.1, 0.15) is 21.9 Å². The van der Waals surface area contributed by atoms with Gasteiger partial charge in [-0.3, -0.25) is 5.32 Å². The van der Waals surface area contributed by atoms with Crippen molar-refractivity contribution in [2.24, 2.45) is 7.05 Å². The molecule has 7 heteroatoms. The number of aromatic carboxylic acids is 1. The quantitative estimate of drug-likeness (QED) is 0.899. The summed E-state index contributed by atoms with van der Waals surface area (Å²) in [5, 5.41) is 11.5. The van der Waals surface area contributed by atoms with Crippen molar-refractivity contribution in [1.29, 1.82) is 0 Å². The number of carbonyl (C=O) groups excluding carboxylic acids is 1. The monoisotopic (exact) mass is 289 g/mol. The number of carboxylic acid groups (broad SMARTS) is 1. The van der Waals surface area contributed by atoms with Gasteiger partial charge in [0.15, 0.2) is 11.5 Å². The number of rotatable bonds is 4. The lowest BCUT2D eigenvalue weighted by Gasteiger charge is -2.08. The van der Waals surface area contributed by atoms with Crippen molar-refractivity contribution in [2.75, 3.05) is 5.32 Å². The summed E-state index contributed by atoms with van der Waals surface area (Å²) >= 11 is 0. The molecule has 0 aliphatic heterocycles. The maximum absolute atomic E-state index is 11.8. The van der Waals surface area contributed by atoms with Gasteiger partial charge in [0.1, 0.15) is 12.4 Å². The van der Waals surface area contributed by atoms with Crippen molar-refractivity contribution in [1.82, 2.24) is 9.55 Å². The van der Waals surface area contributed by atoms with Gasteiger partial charge in [0.05, 0.1) is 0 Å². The molecule has 2 aromatic rings. The highest BCUT2D eigenvalue weighted by Gasteiger charge is 2.20. The SMILES string of the molecule is Cc1nc(C(=O)O)c(NC(=O)OCc2ccccc2)n1C. The lowest BCUT2D eigenvalue weighted by Crippen LogP contribution is -2.18. The number of amides is 1. The number of benzene rings is 1. The second-order valence-electron chi connectivity index (χ2n) is 4.41. The number of nitrogens with one attached hydrogen (secondary N) is 1. The first-order valence-electron chi connectivity index (χ1n) is 6.23. The van der Waals surface area contributed by atoms with Gasteiger partial charge in [0.25, 0.3) is 0 Å². The summed E-state index contributed by atoms with van der Waals surface area (Å²) in [7, 11) is 1.61. The Labute approximate surface area is 121 Å². The van der Waals surface area contributed by atoms with Crippen molar-refractivity contribution in [3.8, 4) is 0 Å². The number of anilines is 1. The summed E-state index contributed by atoms with van der Waals surface area (Å²) in [5.41, 5.74) is 0.624. The first-order valence-corrected chi connectivity index (χ1v) is 6.23. The van der Waals surface area contributed by atoms with Gasteiger partial charge in [-0.05, 0) is 12.5 Å². The topological polar surface area (TPSA) is 93.4 Å². The third-order valence-electron chi connectivity index (χ3n) is 2.95. The number of imidazole rings is 1. The van der Waals surface area contributed by atoms with Gasteiger partial charge in [-0.2, -0.15) is 0 Å². The molecule has 0 bridgehead atoms. The van der Waals surface area contributed by atoms with Gasteiger partial charge < -0.3 is 14.4 Å². The maximum atomic E-state index is 11.8. The van der Waals surface area contributed by atoms with E-state index in [2.05, 4.69) is 10.3 Å². The molecule has 1 aromatic heterocycles. The van der Waals surface area contributed by atoms with Gasteiger partial charge >= 0.3 is 12.1 Å². The Morgan fingerprint density at radius 2 is 2.00 bits per heavy atom. The summed E-state index contributed by atoms with van der Waals surface area (Å²) in [6.45, 7) is 1.75. The van der Waals surface area contributed by atoms with Crippen LogP contribution in [0.3, 0.4) is 0 Å². The predicted octanol–water partition coefficient (Wildman–Crippen LogP) is 2.18. The molecule has 0 spiro atoms. The summed E-state index contributed by atoms with van der Waals surface area (Å²) in [6, 6.07) is 9.18. The molecule has 21 heavy (non-hydrogen) atoms. The normalized spacial score (nSPS) is 10.2. The van der Waals surface area contributed by atoms with Crippen molar-refractivity contribution in [2.45, 2.75) is 13.5 Å². The van der Waals surface area contributed by atoms with Crippen molar-refractivity contribution < 1.29 is 19.4 Å². The Balaban J connectivity index is 2.05. The van der Waals surface area contributed by atoms with Crippen LogP contribution >= 0.6 is 0 Å². The fraction of sp³-hybridized carbons (Fsp3) is 0.214. The lowest BCUT2D eigenvalue weighted by molar-refractivity contribution is 0.0692. The maximum Gasteiger partial charge on any atom is 0.413 e. The molecule has 7 nitrogen and oxygen atoms in total. The molecule has 0 saturated heterocycles. The van der Waals surface area contributed by atoms with E-state index in [-0.39, 0.29) is 18.1 Å². The summed E-state index contributed by atoms with van der Waals surface area (Å²) in [4.78, 5) is 26.7. The Morgan fingerprint density at radius 3 is 2.62 bits per heavy atom. The van der Waals surface area contributed by atoms with E-state index in [1.165, 1.54) is 4.57 Å². The number of carbonyl (C=O) groups is 2. The largest absolute Gasteiger partial charge is 0.476 e. The van der Waals surface area contributed by atoms with Crippen molar-refractivity contribution in [3.05, 3.63) is 47.4 Å². The second-order valence-corrected chi connectivity index (χ2v) is 4.41. The van der Waals surface area contributed by atoms with Crippen LogP contribution < -0.4 is 5.32 Å². The first kappa shape index (κ1) is 14.6. The van der Waals surface area contributed by atoms with E-state index in [0.29, 0.717) is 5.82 Å². The van der Waals surface area contributed by atoms with Crippen LogP contribution in [0.5, 0.6) is 0 Å². The first-order chi connectivity index (χ1) is 9.99. The molecule has 0 atom stereocenters. The van der Waals surface area contributed by atoms with Crippen LogP contribution in [0.2, 0.25) is 0 Å². The Hall–Kier alpha value is -2.83. The minimum Gasteiger partial charge on any atom is -0.476 e. The Bertz CT molecular complexity index is 664. The van der Waals surface area contributed by atoms with E-state index in [4.69, 9.17) is 9.84 Å². The minimum absolute atomic E-state index is 0.0954. The van der Waals surface area contributed by atoms with E-state index in [0.717, 1.165) is 5.56 Å². The van der Waals surface area contributed by atoms with Crippen LogP contribution in [0.15, 0.2) is 30.3 Å². The van der Waals surface area contributed by atoms with E-state index in [1.54, 1.807) is 14.0 Å². The molecule has 1 amide bonds. The van der Waals surface area contributed by atoms with Crippen LogP contribution in [-0.2, 0) is 18.4 Å². The molecule has 0 fully saturated rings. The van der Waals surface area contributed by atoms with Crippen LogP contribution in [0.4, 0.5) is 10.6 Å². The van der Waals surface area contributed by atoms with Crippen LogP contribution in [-0.4, -0.2) is 26.7 Å². The molecule has 2 rings (SSSR count). The van der Waals surface area contributed by atoms with Gasteiger partial charge in [0.2, 0.25) is 0 Å². The second kappa shape index (κ2) is 6.08. The third-order valence-corrected chi connectivity index (χ3v) is 2.95. The Morgan fingerprint density at radius 1 is 1.33 bits per heavy atom. The van der Waals surface area contributed by atoms with Gasteiger partial charge in [-0.15, -0.1) is 0 Å². The standard InChI is InChI=1S/C14H15N3O4/c1-9-15-11(13(18)19)12(17(9)2)16-14(20)21-8-10-6-4-3-5-7-10/h3-7H,8H2,1-2H3,(H,16,20)(H,18,19). The van der Waals surface area contributed by atoms with Crippen molar-refractivity contribution in [3.63, 3.8) is 0 Å². The van der Waals surface area contributed by atoms with E-state index in [1.807, 2.05) is 30.3 Å². The summed E-state index contributed by atoms with van der Waals surface area (Å²) < 4.78 is 6.53. The van der Waals surface area contributed by atoms with Gasteiger partial charge in [-0.1, -0.05) is 30.3 Å².